The minimum absolute atomic E-state index is 0.000562. The summed E-state index contributed by atoms with van der Waals surface area (Å²) in [6, 6.07) is 0.0416. The smallest absolute Gasteiger partial charge is 0.292 e. The highest BCUT2D eigenvalue weighted by molar-refractivity contribution is 5.90. The van der Waals surface area contributed by atoms with Crippen LogP contribution in [0, 0.1) is 0 Å². The standard InChI is InChI=1S/C11H17N5O3/c1-12-8(17)4-6-14-10(18)9-15-11(19-16-9)7-3-2-5-13-7/h7,13H,2-6H2,1H3,(H,12,17)(H,14,18). The summed E-state index contributed by atoms with van der Waals surface area (Å²) in [6.45, 7) is 1.16. The van der Waals surface area contributed by atoms with E-state index in [-0.39, 0.29) is 30.7 Å². The van der Waals surface area contributed by atoms with E-state index in [0.29, 0.717) is 5.89 Å². The van der Waals surface area contributed by atoms with Crippen LogP contribution in [0.2, 0.25) is 0 Å². The molecule has 1 saturated heterocycles. The summed E-state index contributed by atoms with van der Waals surface area (Å²) in [6.07, 6.45) is 2.21. The Morgan fingerprint density at radius 2 is 2.37 bits per heavy atom. The second-order valence-corrected chi connectivity index (χ2v) is 4.28. The predicted molar refractivity (Wildman–Crippen MR) is 65.3 cm³/mol. The van der Waals surface area contributed by atoms with Gasteiger partial charge in [-0.05, 0) is 19.4 Å². The first-order valence-corrected chi connectivity index (χ1v) is 6.26. The number of aromatic nitrogens is 2. The molecular formula is C11H17N5O3. The SMILES string of the molecule is CNC(=O)CCNC(=O)c1noc(C2CCCN2)n1. The predicted octanol–water partition coefficient (Wildman–Crippen LogP) is -0.640. The maximum atomic E-state index is 11.7. The zero-order valence-electron chi connectivity index (χ0n) is 10.7. The Morgan fingerprint density at radius 3 is 3.05 bits per heavy atom. The van der Waals surface area contributed by atoms with E-state index in [1.54, 1.807) is 7.05 Å². The molecule has 8 nitrogen and oxygen atoms in total. The Morgan fingerprint density at radius 1 is 1.53 bits per heavy atom. The highest BCUT2D eigenvalue weighted by Gasteiger charge is 2.24. The number of rotatable bonds is 5. The van der Waals surface area contributed by atoms with Crippen molar-refractivity contribution < 1.29 is 14.1 Å². The van der Waals surface area contributed by atoms with Gasteiger partial charge in [-0.2, -0.15) is 4.98 Å². The first-order valence-electron chi connectivity index (χ1n) is 6.26. The van der Waals surface area contributed by atoms with Crippen molar-refractivity contribution in [1.82, 2.24) is 26.1 Å². The van der Waals surface area contributed by atoms with Crippen LogP contribution in [-0.2, 0) is 4.79 Å². The first kappa shape index (κ1) is 13.5. The van der Waals surface area contributed by atoms with E-state index >= 15 is 0 Å². The van der Waals surface area contributed by atoms with Crippen molar-refractivity contribution >= 4 is 11.8 Å². The summed E-state index contributed by atoms with van der Waals surface area (Å²) in [7, 11) is 1.55. The van der Waals surface area contributed by atoms with Crippen molar-refractivity contribution in [3.05, 3.63) is 11.7 Å². The summed E-state index contributed by atoms with van der Waals surface area (Å²) >= 11 is 0. The molecular weight excluding hydrogens is 250 g/mol. The molecule has 19 heavy (non-hydrogen) atoms. The van der Waals surface area contributed by atoms with Crippen LogP contribution in [-0.4, -0.2) is 42.1 Å². The van der Waals surface area contributed by atoms with Gasteiger partial charge in [-0.3, -0.25) is 9.59 Å². The molecule has 104 valence electrons. The average Bonchev–Trinajstić information content (AvgIpc) is 3.08. The lowest BCUT2D eigenvalue weighted by Gasteiger charge is -2.02. The lowest BCUT2D eigenvalue weighted by Crippen LogP contribution is -2.29. The van der Waals surface area contributed by atoms with Crippen LogP contribution in [0.4, 0.5) is 0 Å². The normalized spacial score (nSPS) is 18.3. The minimum Gasteiger partial charge on any atom is -0.359 e. The van der Waals surface area contributed by atoms with Crippen LogP contribution in [0.1, 0.15) is 41.8 Å². The van der Waals surface area contributed by atoms with Gasteiger partial charge in [0.15, 0.2) is 0 Å². The van der Waals surface area contributed by atoms with Gasteiger partial charge in [-0.25, -0.2) is 0 Å². The molecule has 0 bridgehead atoms. The van der Waals surface area contributed by atoms with E-state index in [2.05, 4.69) is 26.1 Å². The zero-order valence-corrected chi connectivity index (χ0v) is 10.7. The van der Waals surface area contributed by atoms with Gasteiger partial charge in [0.05, 0.1) is 6.04 Å². The Labute approximate surface area is 110 Å². The molecule has 1 aromatic rings. The van der Waals surface area contributed by atoms with Crippen molar-refractivity contribution in [2.45, 2.75) is 25.3 Å². The van der Waals surface area contributed by atoms with Crippen LogP contribution in [0.15, 0.2) is 4.52 Å². The molecule has 8 heteroatoms. The van der Waals surface area contributed by atoms with Crippen LogP contribution < -0.4 is 16.0 Å². The number of nitrogens with zero attached hydrogens (tertiary/aromatic N) is 2. The van der Waals surface area contributed by atoms with Crippen molar-refractivity contribution in [2.24, 2.45) is 0 Å². The van der Waals surface area contributed by atoms with Gasteiger partial charge in [-0.1, -0.05) is 5.16 Å². The quantitative estimate of drug-likeness (QED) is 0.654. The highest BCUT2D eigenvalue weighted by Crippen LogP contribution is 2.20. The van der Waals surface area contributed by atoms with E-state index in [9.17, 15) is 9.59 Å². The lowest BCUT2D eigenvalue weighted by atomic mass is 10.2. The molecule has 0 spiro atoms. The molecule has 1 aliphatic rings. The van der Waals surface area contributed by atoms with E-state index in [1.807, 2.05) is 0 Å². The third-order valence-corrected chi connectivity index (χ3v) is 2.92. The molecule has 2 amide bonds. The second kappa shape index (κ2) is 6.28. The minimum atomic E-state index is -0.433. The number of amides is 2. The van der Waals surface area contributed by atoms with Crippen LogP contribution in [0.25, 0.3) is 0 Å². The Kier molecular flexibility index (Phi) is 4.45. The van der Waals surface area contributed by atoms with Crippen molar-refractivity contribution in [3.8, 4) is 0 Å². The fourth-order valence-electron chi connectivity index (χ4n) is 1.86. The van der Waals surface area contributed by atoms with E-state index < -0.39 is 5.91 Å². The van der Waals surface area contributed by atoms with Crippen molar-refractivity contribution in [3.63, 3.8) is 0 Å². The molecule has 0 radical (unpaired) electrons. The number of nitrogens with one attached hydrogen (secondary N) is 3. The van der Waals surface area contributed by atoms with E-state index in [0.717, 1.165) is 19.4 Å². The summed E-state index contributed by atoms with van der Waals surface area (Å²) in [5.41, 5.74) is 0. The topological polar surface area (TPSA) is 109 Å². The molecule has 1 unspecified atom stereocenters. The van der Waals surface area contributed by atoms with Gasteiger partial charge < -0.3 is 20.5 Å². The Bertz CT molecular complexity index is 453. The maximum Gasteiger partial charge on any atom is 0.292 e. The van der Waals surface area contributed by atoms with Crippen molar-refractivity contribution in [1.29, 1.82) is 0 Å². The zero-order chi connectivity index (χ0) is 13.7. The number of hydrogen-bond acceptors (Lipinski definition) is 6. The molecule has 2 rings (SSSR count). The molecule has 1 fully saturated rings. The number of carbonyl (C=O) groups excluding carboxylic acids is 2. The fourth-order valence-corrected chi connectivity index (χ4v) is 1.86. The van der Waals surface area contributed by atoms with Crippen LogP contribution in [0.3, 0.4) is 0 Å². The van der Waals surface area contributed by atoms with Gasteiger partial charge in [-0.15, -0.1) is 0 Å². The van der Waals surface area contributed by atoms with Gasteiger partial charge in [0.25, 0.3) is 11.7 Å². The Balaban J connectivity index is 1.84. The monoisotopic (exact) mass is 267 g/mol. The Hall–Kier alpha value is -1.96. The largest absolute Gasteiger partial charge is 0.359 e. The summed E-state index contributed by atoms with van der Waals surface area (Å²) in [4.78, 5) is 26.7. The van der Waals surface area contributed by atoms with Gasteiger partial charge in [0, 0.05) is 20.0 Å². The summed E-state index contributed by atoms with van der Waals surface area (Å²) in [5.74, 6) is -0.129. The third-order valence-electron chi connectivity index (χ3n) is 2.92. The summed E-state index contributed by atoms with van der Waals surface area (Å²) in [5, 5.41) is 11.9. The summed E-state index contributed by atoms with van der Waals surface area (Å²) < 4.78 is 5.05. The molecule has 0 saturated carbocycles. The van der Waals surface area contributed by atoms with E-state index in [1.165, 1.54) is 0 Å². The number of hydrogen-bond donors (Lipinski definition) is 3. The first-order chi connectivity index (χ1) is 9.20. The second-order valence-electron chi connectivity index (χ2n) is 4.28. The maximum absolute atomic E-state index is 11.7. The molecule has 3 N–H and O–H groups in total. The van der Waals surface area contributed by atoms with Gasteiger partial charge >= 0.3 is 0 Å². The highest BCUT2D eigenvalue weighted by atomic mass is 16.5. The van der Waals surface area contributed by atoms with E-state index in [4.69, 9.17) is 4.52 Å². The van der Waals surface area contributed by atoms with Crippen LogP contribution in [0.5, 0.6) is 0 Å². The lowest BCUT2D eigenvalue weighted by molar-refractivity contribution is -0.120. The van der Waals surface area contributed by atoms with Gasteiger partial charge in [0.1, 0.15) is 0 Å². The molecule has 2 heterocycles. The molecule has 1 aromatic heterocycles. The number of carbonyl (C=O) groups is 2. The molecule has 1 atom stereocenters. The third kappa shape index (κ3) is 3.50. The van der Waals surface area contributed by atoms with Crippen molar-refractivity contribution in [2.75, 3.05) is 20.1 Å². The molecule has 0 aliphatic carbocycles. The molecule has 1 aliphatic heterocycles. The van der Waals surface area contributed by atoms with Crippen LogP contribution >= 0.6 is 0 Å². The molecule has 0 aromatic carbocycles. The fraction of sp³-hybridized carbons (Fsp3) is 0.636. The average molecular weight is 267 g/mol. The van der Waals surface area contributed by atoms with Gasteiger partial charge in [0.2, 0.25) is 11.8 Å².